The zero-order valence-electron chi connectivity index (χ0n) is 10.1. The van der Waals surface area contributed by atoms with E-state index in [2.05, 4.69) is 14.1 Å². The molecule has 16 heavy (non-hydrogen) atoms. The molecule has 1 N–H and O–H groups in total. The van der Waals surface area contributed by atoms with Crippen LogP contribution in [0.3, 0.4) is 0 Å². The molecule has 0 radical (unpaired) electrons. The van der Waals surface area contributed by atoms with Gasteiger partial charge < -0.3 is 4.74 Å². The Morgan fingerprint density at radius 3 is 2.44 bits per heavy atom. The second-order valence-corrected chi connectivity index (χ2v) is 6.03. The molecule has 1 aliphatic heterocycles. The number of hydrogen-bond acceptors (Lipinski definition) is 4. The number of nitrogens with zero attached hydrogens (tertiary/aromatic N) is 2. The average Bonchev–Trinajstić information content (AvgIpc) is 2.39. The van der Waals surface area contributed by atoms with Crippen LogP contribution in [0.2, 0.25) is 0 Å². The van der Waals surface area contributed by atoms with E-state index < -0.39 is 10.2 Å². The summed E-state index contributed by atoms with van der Waals surface area (Å²) in [5, 5.41) is 0. The lowest BCUT2D eigenvalue weighted by Crippen LogP contribution is -2.31. The standard InChI is InChI=1S/C9H17N3O3S/c1-6(9(2,3)4)10-7-8(15-5)12-16(13,14)11-7/h6H,1-5H3,(H,10,11). The molecule has 0 spiro atoms. The first kappa shape index (κ1) is 13.0. The van der Waals surface area contributed by atoms with E-state index in [1.165, 1.54) is 7.11 Å². The van der Waals surface area contributed by atoms with Crippen LogP contribution in [-0.2, 0) is 14.9 Å². The van der Waals surface area contributed by atoms with Crippen molar-refractivity contribution in [3.63, 3.8) is 0 Å². The Hall–Kier alpha value is -1.11. The number of rotatable bonds is 1. The van der Waals surface area contributed by atoms with Crippen molar-refractivity contribution in [2.75, 3.05) is 7.11 Å². The maximum atomic E-state index is 11.2. The van der Waals surface area contributed by atoms with Crippen LogP contribution in [0, 0.1) is 5.41 Å². The molecule has 6 nitrogen and oxygen atoms in total. The van der Waals surface area contributed by atoms with Gasteiger partial charge in [0.2, 0.25) is 5.84 Å². The smallest absolute Gasteiger partial charge is 0.347 e. The minimum atomic E-state index is -3.67. The minimum absolute atomic E-state index is 0.0103. The van der Waals surface area contributed by atoms with Crippen LogP contribution in [-0.4, -0.2) is 33.3 Å². The largest absolute Gasteiger partial charge is 0.478 e. The molecule has 0 aromatic rings. The summed E-state index contributed by atoms with van der Waals surface area (Å²) in [6.45, 7) is 7.98. The summed E-state index contributed by atoms with van der Waals surface area (Å²) < 4.78 is 32.8. The van der Waals surface area contributed by atoms with E-state index in [1.807, 2.05) is 27.7 Å². The summed E-state index contributed by atoms with van der Waals surface area (Å²) in [6.07, 6.45) is 0. The highest BCUT2D eigenvalue weighted by molar-refractivity contribution is 7.89. The van der Waals surface area contributed by atoms with Crippen molar-refractivity contribution in [3.8, 4) is 0 Å². The Balaban J connectivity index is 3.00. The van der Waals surface area contributed by atoms with Gasteiger partial charge in [-0.25, -0.2) is 4.72 Å². The lowest BCUT2D eigenvalue weighted by atomic mass is 9.88. The zero-order chi connectivity index (χ0) is 12.6. The fourth-order valence-electron chi connectivity index (χ4n) is 0.944. The minimum Gasteiger partial charge on any atom is -0.478 e. The molecule has 92 valence electrons. The molecule has 7 heteroatoms. The van der Waals surface area contributed by atoms with Crippen molar-refractivity contribution >= 4 is 21.9 Å². The van der Waals surface area contributed by atoms with Crippen molar-refractivity contribution < 1.29 is 13.2 Å². The van der Waals surface area contributed by atoms with Crippen LogP contribution in [0.4, 0.5) is 0 Å². The Morgan fingerprint density at radius 1 is 1.44 bits per heavy atom. The molecule has 1 unspecified atom stereocenters. The molecule has 1 heterocycles. The van der Waals surface area contributed by atoms with Crippen LogP contribution in [0.25, 0.3) is 0 Å². The van der Waals surface area contributed by atoms with Gasteiger partial charge in [0.25, 0.3) is 5.90 Å². The number of methoxy groups -OCH3 is 1. The predicted molar refractivity (Wildman–Crippen MR) is 62.9 cm³/mol. The first-order valence-electron chi connectivity index (χ1n) is 4.90. The van der Waals surface area contributed by atoms with Crippen LogP contribution in [0.1, 0.15) is 27.7 Å². The van der Waals surface area contributed by atoms with Crippen LogP contribution in [0.15, 0.2) is 9.39 Å². The van der Waals surface area contributed by atoms with Crippen LogP contribution >= 0.6 is 0 Å². The molecule has 0 aromatic heterocycles. The van der Waals surface area contributed by atoms with Crippen molar-refractivity contribution in [2.24, 2.45) is 14.8 Å². The van der Waals surface area contributed by atoms with E-state index in [-0.39, 0.29) is 23.2 Å². The topological polar surface area (TPSA) is 80.1 Å². The van der Waals surface area contributed by atoms with Gasteiger partial charge in [0.1, 0.15) is 0 Å². The van der Waals surface area contributed by atoms with E-state index in [4.69, 9.17) is 4.74 Å². The van der Waals surface area contributed by atoms with Crippen molar-refractivity contribution in [1.29, 1.82) is 0 Å². The fraction of sp³-hybridized carbons (Fsp3) is 0.778. The Labute approximate surface area is 96.0 Å². The number of hydrogen-bond donors (Lipinski definition) is 1. The maximum Gasteiger partial charge on any atom is 0.347 e. The lowest BCUT2D eigenvalue weighted by Gasteiger charge is -2.23. The first-order chi connectivity index (χ1) is 7.15. The number of amidine groups is 1. The molecule has 0 saturated heterocycles. The third kappa shape index (κ3) is 2.94. The predicted octanol–water partition coefficient (Wildman–Crippen LogP) is 0.712. The molecule has 0 fully saturated rings. The van der Waals surface area contributed by atoms with Crippen molar-refractivity contribution in [1.82, 2.24) is 4.72 Å². The van der Waals surface area contributed by atoms with Crippen molar-refractivity contribution in [2.45, 2.75) is 33.7 Å². The molecule has 0 aromatic carbocycles. The summed E-state index contributed by atoms with van der Waals surface area (Å²) >= 11 is 0. The summed E-state index contributed by atoms with van der Waals surface area (Å²) in [7, 11) is -2.31. The highest BCUT2D eigenvalue weighted by Crippen LogP contribution is 2.22. The quantitative estimate of drug-likeness (QED) is 0.741. The number of aliphatic imine (C=N–C) groups is 1. The molecule has 0 aliphatic carbocycles. The molecule has 1 atom stereocenters. The second-order valence-electron chi connectivity index (χ2n) is 4.70. The molecule has 0 amide bonds. The van der Waals surface area contributed by atoms with Gasteiger partial charge in [-0.15, -0.1) is 4.40 Å². The number of ether oxygens (including phenoxy) is 1. The van der Waals surface area contributed by atoms with E-state index in [0.29, 0.717) is 0 Å². The Morgan fingerprint density at radius 2 is 2.00 bits per heavy atom. The van der Waals surface area contributed by atoms with Crippen LogP contribution in [0.5, 0.6) is 0 Å². The molecule has 0 bridgehead atoms. The van der Waals surface area contributed by atoms with E-state index >= 15 is 0 Å². The molecule has 0 saturated carbocycles. The van der Waals surface area contributed by atoms with E-state index in [0.717, 1.165) is 0 Å². The van der Waals surface area contributed by atoms with Gasteiger partial charge in [-0.3, -0.25) is 4.99 Å². The average molecular weight is 247 g/mol. The van der Waals surface area contributed by atoms with Crippen LogP contribution < -0.4 is 4.72 Å². The molecular formula is C9H17N3O3S. The summed E-state index contributed by atoms with van der Waals surface area (Å²) in [4.78, 5) is 4.27. The number of nitrogens with one attached hydrogen (secondary N) is 1. The van der Waals surface area contributed by atoms with E-state index in [1.54, 1.807) is 0 Å². The van der Waals surface area contributed by atoms with Gasteiger partial charge in [-0.2, -0.15) is 8.42 Å². The molecule has 1 rings (SSSR count). The Bertz CT molecular complexity index is 431. The maximum absolute atomic E-state index is 11.2. The van der Waals surface area contributed by atoms with E-state index in [9.17, 15) is 8.42 Å². The summed E-state index contributed by atoms with van der Waals surface area (Å²) in [6, 6.07) is -0.0522. The van der Waals surface area contributed by atoms with Gasteiger partial charge in [0, 0.05) is 0 Å². The molecular weight excluding hydrogens is 230 g/mol. The third-order valence-corrected chi connectivity index (χ3v) is 3.26. The van der Waals surface area contributed by atoms with Crippen molar-refractivity contribution in [3.05, 3.63) is 0 Å². The van der Waals surface area contributed by atoms with Gasteiger partial charge in [-0.1, -0.05) is 20.8 Å². The Kier molecular flexibility index (Phi) is 3.27. The van der Waals surface area contributed by atoms with Gasteiger partial charge in [-0.05, 0) is 12.3 Å². The normalized spacial score (nSPS) is 23.8. The monoisotopic (exact) mass is 247 g/mol. The zero-order valence-corrected chi connectivity index (χ0v) is 10.9. The summed E-state index contributed by atoms with van der Waals surface area (Å²) in [5.41, 5.74) is -0.0557. The molecule has 1 aliphatic rings. The lowest BCUT2D eigenvalue weighted by molar-refractivity contribution is 0.341. The SMILES string of the molecule is COC1=NS(=O)(=O)NC1=NC(C)C(C)(C)C. The summed E-state index contributed by atoms with van der Waals surface area (Å²) in [5.74, 6) is 0.182. The third-order valence-electron chi connectivity index (χ3n) is 2.40. The highest BCUT2D eigenvalue weighted by atomic mass is 32.2. The fourth-order valence-corrected chi connectivity index (χ4v) is 1.75. The van der Waals surface area contributed by atoms with Gasteiger partial charge in [0.05, 0.1) is 13.2 Å². The second kappa shape index (κ2) is 4.04. The first-order valence-corrected chi connectivity index (χ1v) is 6.34. The highest BCUT2D eigenvalue weighted by Gasteiger charge is 2.29. The van der Waals surface area contributed by atoms with Gasteiger partial charge >= 0.3 is 10.2 Å². The van der Waals surface area contributed by atoms with Gasteiger partial charge in [0.15, 0.2) is 0 Å².